The zero-order chi connectivity index (χ0) is 41.7. The maximum Gasteiger partial charge on any atom is 0.344 e. The van der Waals surface area contributed by atoms with Crippen molar-refractivity contribution in [2.75, 3.05) is 7.11 Å². The first-order valence-corrected chi connectivity index (χ1v) is 19.1. The van der Waals surface area contributed by atoms with Crippen LogP contribution in [-0.2, 0) is 18.9 Å². The third kappa shape index (κ3) is 10.1. The lowest BCUT2D eigenvalue weighted by atomic mass is 9.97. The van der Waals surface area contributed by atoms with Gasteiger partial charge in [0.1, 0.15) is 35.4 Å². The number of halogens is 2. The van der Waals surface area contributed by atoms with Gasteiger partial charge in [-0.05, 0) is 80.4 Å². The lowest BCUT2D eigenvalue weighted by Gasteiger charge is -2.25. The first-order valence-electron chi connectivity index (χ1n) is 17.5. The Hall–Kier alpha value is -5.98. The Kier molecular flexibility index (Phi) is 13.0. The van der Waals surface area contributed by atoms with E-state index in [2.05, 4.69) is 31.9 Å². The van der Waals surface area contributed by atoms with Crippen LogP contribution in [0.2, 0.25) is 0 Å². The topological polar surface area (TPSA) is 213 Å². The van der Waals surface area contributed by atoms with E-state index in [0.29, 0.717) is 6.07 Å². The fourth-order valence-corrected chi connectivity index (χ4v) is 6.62. The fraction of sp³-hybridized carbons (Fsp3) is 0.250. The van der Waals surface area contributed by atoms with Crippen LogP contribution >= 0.6 is 31.9 Å². The van der Waals surface area contributed by atoms with Crippen molar-refractivity contribution in [3.8, 4) is 11.5 Å². The lowest BCUT2D eigenvalue weighted by molar-refractivity contribution is -0.394. The predicted octanol–water partition coefficient (Wildman–Crippen LogP) is 8.43. The Morgan fingerprint density at radius 2 is 1.36 bits per heavy atom. The number of cyclic esters (lactones) is 1. The molecule has 0 N–H and O–H groups in total. The third-order valence-corrected chi connectivity index (χ3v) is 10.1. The Morgan fingerprint density at radius 3 is 1.93 bits per heavy atom. The molecule has 0 saturated carbocycles. The van der Waals surface area contributed by atoms with Crippen LogP contribution in [0.4, 0.5) is 11.4 Å². The first kappa shape index (κ1) is 41.6. The van der Waals surface area contributed by atoms with Gasteiger partial charge in [0, 0.05) is 39.1 Å². The van der Waals surface area contributed by atoms with Crippen molar-refractivity contribution >= 4 is 67.1 Å². The molecule has 0 radical (unpaired) electrons. The van der Waals surface area contributed by atoms with Crippen molar-refractivity contribution < 1.29 is 57.4 Å². The molecule has 5 atom stereocenters. The maximum absolute atomic E-state index is 13.9. The average molecular weight is 925 g/mol. The molecule has 58 heavy (non-hydrogen) atoms. The van der Waals surface area contributed by atoms with Crippen molar-refractivity contribution in [2.45, 2.75) is 56.7 Å². The molecule has 0 amide bonds. The van der Waals surface area contributed by atoms with Gasteiger partial charge in [-0.2, -0.15) is 0 Å². The molecule has 2 heterocycles. The smallest absolute Gasteiger partial charge is 0.344 e. The monoisotopic (exact) mass is 922 g/mol. The Bertz CT molecular complexity index is 2270. The number of hydrogen-bond donors (Lipinski definition) is 0. The van der Waals surface area contributed by atoms with Crippen molar-refractivity contribution in [1.82, 2.24) is 0 Å². The normalized spacial score (nSPS) is 20.8. The molecule has 1 fully saturated rings. The molecule has 300 valence electrons. The molecular weight excluding hydrogens is 892 g/mol. The number of methoxy groups -OCH3 is 1. The number of nitrogens with zero attached hydrogens (tertiary/aromatic N) is 2. The molecule has 18 heteroatoms. The van der Waals surface area contributed by atoms with E-state index in [4.69, 9.17) is 28.4 Å². The fourth-order valence-electron chi connectivity index (χ4n) is 6.09. The molecule has 0 spiro atoms. The highest BCUT2D eigenvalue weighted by molar-refractivity contribution is 9.10. The van der Waals surface area contributed by atoms with E-state index in [1.807, 2.05) is 0 Å². The number of esters is 4. The van der Waals surface area contributed by atoms with E-state index in [1.165, 1.54) is 19.2 Å². The molecule has 4 aromatic rings. The van der Waals surface area contributed by atoms with E-state index >= 15 is 0 Å². The second-order valence-corrected chi connectivity index (χ2v) is 14.9. The number of non-ortho nitro benzene ring substituents is 2. The number of carbonyl (C=O) groups is 4. The lowest BCUT2D eigenvalue weighted by Crippen LogP contribution is -2.34. The van der Waals surface area contributed by atoms with Crippen LogP contribution in [0.1, 0.15) is 79.3 Å². The zero-order valence-electron chi connectivity index (χ0n) is 30.5. The number of benzene rings is 4. The zero-order valence-corrected chi connectivity index (χ0v) is 33.7. The van der Waals surface area contributed by atoms with Crippen molar-refractivity contribution in [1.29, 1.82) is 0 Å². The molecule has 0 aromatic heterocycles. The summed E-state index contributed by atoms with van der Waals surface area (Å²) >= 11 is 6.71. The number of epoxide rings is 1. The van der Waals surface area contributed by atoms with Gasteiger partial charge >= 0.3 is 23.9 Å². The second-order valence-electron chi connectivity index (χ2n) is 13.1. The van der Waals surface area contributed by atoms with Crippen molar-refractivity contribution in [2.24, 2.45) is 0 Å². The van der Waals surface area contributed by atoms with Gasteiger partial charge < -0.3 is 28.4 Å². The van der Waals surface area contributed by atoms with Crippen LogP contribution in [0, 0.1) is 20.2 Å². The SMILES string of the molecule is COc1cc(OC(=O)c2cc([N+](=O)[O-])cc([N+](=O)[O-])c2)c2c(c1)[C@H]1O[C@@H]1CC[C@H](OC(=O)c1ccc(Br)cc1)[C@@H](OC(=O)c1ccc(Br)cc1)/C=C/C[C@H](C)OC2=O. The summed E-state index contributed by atoms with van der Waals surface area (Å²) in [4.78, 5) is 75.5. The number of carbonyl (C=O) groups excluding carboxylic acids is 4. The molecule has 0 aliphatic carbocycles. The van der Waals surface area contributed by atoms with Gasteiger partial charge in [0.15, 0.2) is 6.10 Å². The molecule has 16 nitrogen and oxygen atoms in total. The predicted molar refractivity (Wildman–Crippen MR) is 210 cm³/mol. The van der Waals surface area contributed by atoms with Gasteiger partial charge in [0.2, 0.25) is 0 Å². The van der Waals surface area contributed by atoms with Gasteiger partial charge in [-0.1, -0.05) is 37.9 Å². The number of hydrogen-bond acceptors (Lipinski definition) is 14. The molecular formula is C40H32Br2N2O14. The molecule has 2 aliphatic heterocycles. The van der Waals surface area contributed by atoms with Gasteiger partial charge in [-0.15, -0.1) is 0 Å². The van der Waals surface area contributed by atoms with Crippen LogP contribution in [0.3, 0.4) is 0 Å². The van der Waals surface area contributed by atoms with Gasteiger partial charge in [-0.3, -0.25) is 20.2 Å². The van der Waals surface area contributed by atoms with E-state index < -0.39 is 81.2 Å². The number of rotatable bonds is 9. The van der Waals surface area contributed by atoms with Crippen LogP contribution in [0.5, 0.6) is 11.5 Å². The van der Waals surface area contributed by atoms with Crippen LogP contribution in [0.25, 0.3) is 0 Å². The van der Waals surface area contributed by atoms with Crippen LogP contribution < -0.4 is 9.47 Å². The number of fused-ring (bicyclic) bond motifs is 3. The van der Waals surface area contributed by atoms with E-state index in [0.717, 1.165) is 21.1 Å². The minimum atomic E-state index is -1.24. The second kappa shape index (κ2) is 18.1. The average Bonchev–Trinajstić information content (AvgIpc) is 3.98. The standard InChI is InChI=1S/C40H32Br2N2O14/c1-21-4-3-5-31(56-37(45)22-6-10-25(41)11-7-22)32(57-38(46)23-8-12-26(42)13-9-23)14-15-33-36(55-33)30-19-29(53-2)20-34(35(30)40(48)54-21)58-39(47)24-16-27(43(49)50)18-28(17-24)44(51)52/h3,5-13,16-21,31-33,36H,4,14-15H2,1-2H3/b5-3+/t21-,31-,32-,33+,36+/m0/s1. The molecule has 1 saturated heterocycles. The highest BCUT2D eigenvalue weighted by Gasteiger charge is 2.45. The highest BCUT2D eigenvalue weighted by atomic mass is 79.9. The molecule has 0 bridgehead atoms. The minimum absolute atomic E-state index is 0.0893. The van der Waals surface area contributed by atoms with Crippen LogP contribution in [-0.4, -0.2) is 65.2 Å². The molecule has 4 aromatic carbocycles. The van der Waals surface area contributed by atoms with Gasteiger partial charge in [-0.25, -0.2) is 19.2 Å². The number of nitro groups is 2. The largest absolute Gasteiger partial charge is 0.497 e. The van der Waals surface area contributed by atoms with E-state index in [9.17, 15) is 39.4 Å². The van der Waals surface area contributed by atoms with Crippen LogP contribution in [0.15, 0.2) is 100.0 Å². The molecule has 6 rings (SSSR count). The van der Waals surface area contributed by atoms with Crippen molar-refractivity contribution in [3.05, 3.63) is 148 Å². The van der Waals surface area contributed by atoms with E-state index in [1.54, 1.807) is 67.6 Å². The number of ether oxygens (including phenoxy) is 6. The van der Waals surface area contributed by atoms with Gasteiger partial charge in [0.25, 0.3) is 11.4 Å². The summed E-state index contributed by atoms with van der Waals surface area (Å²) < 4.78 is 36.4. The number of nitro benzene ring substituents is 2. The van der Waals surface area contributed by atoms with Gasteiger partial charge in [0.05, 0.1) is 45.8 Å². The third-order valence-electron chi connectivity index (χ3n) is 9.06. The summed E-state index contributed by atoms with van der Waals surface area (Å²) in [6, 6.07) is 18.1. The summed E-state index contributed by atoms with van der Waals surface area (Å²) in [5.74, 6) is -3.72. The van der Waals surface area contributed by atoms with Crippen molar-refractivity contribution in [3.63, 3.8) is 0 Å². The summed E-state index contributed by atoms with van der Waals surface area (Å²) in [6.07, 6.45) is -0.709. The summed E-state index contributed by atoms with van der Waals surface area (Å²) in [5.41, 5.74) is -1.46. The highest BCUT2D eigenvalue weighted by Crippen LogP contribution is 2.47. The maximum atomic E-state index is 13.9. The quantitative estimate of drug-likeness (QED) is 0.0293. The summed E-state index contributed by atoms with van der Waals surface area (Å²) in [5, 5.41) is 23.0. The Balaban J connectivity index is 1.34. The molecule has 2 aliphatic rings. The molecule has 0 unspecified atom stereocenters. The Labute approximate surface area is 346 Å². The van der Waals surface area contributed by atoms with E-state index in [-0.39, 0.29) is 53.0 Å². The summed E-state index contributed by atoms with van der Waals surface area (Å²) in [6.45, 7) is 1.59. The first-order chi connectivity index (χ1) is 27.7. The summed E-state index contributed by atoms with van der Waals surface area (Å²) in [7, 11) is 1.33. The minimum Gasteiger partial charge on any atom is -0.497 e. The Morgan fingerprint density at radius 1 is 0.776 bits per heavy atom.